The van der Waals surface area contributed by atoms with E-state index in [0.29, 0.717) is 13.0 Å². The van der Waals surface area contributed by atoms with Crippen molar-refractivity contribution in [3.8, 4) is 0 Å². The molecule has 25 heavy (non-hydrogen) atoms. The van der Waals surface area contributed by atoms with Gasteiger partial charge in [0.25, 0.3) is 0 Å². The van der Waals surface area contributed by atoms with Crippen LogP contribution in [0.15, 0.2) is 42.5 Å². The Morgan fingerprint density at radius 3 is 2.48 bits per heavy atom. The molecule has 0 aromatic heterocycles. The Morgan fingerprint density at radius 2 is 1.72 bits per heavy atom. The monoisotopic (exact) mass is 340 g/mol. The fourth-order valence-electron chi connectivity index (χ4n) is 3.28. The van der Waals surface area contributed by atoms with Crippen LogP contribution in [0.3, 0.4) is 0 Å². The molecule has 2 aromatic rings. The van der Waals surface area contributed by atoms with Gasteiger partial charge in [0, 0.05) is 45.7 Å². The van der Waals surface area contributed by atoms with E-state index in [2.05, 4.69) is 52.7 Å². The van der Waals surface area contributed by atoms with Crippen LogP contribution >= 0.6 is 0 Å². The van der Waals surface area contributed by atoms with Crippen LogP contribution in [0.1, 0.15) is 12.0 Å². The average molecular weight is 340 g/mol. The zero-order chi connectivity index (χ0) is 17.6. The molecule has 6 nitrogen and oxygen atoms in total. The Hall–Kier alpha value is -2.60. The van der Waals surface area contributed by atoms with Crippen molar-refractivity contribution in [3.63, 3.8) is 0 Å². The van der Waals surface area contributed by atoms with Gasteiger partial charge in [0.1, 0.15) is 0 Å². The van der Waals surface area contributed by atoms with E-state index in [1.54, 1.807) is 0 Å². The summed E-state index contributed by atoms with van der Waals surface area (Å²) >= 11 is 0. The number of carbonyl (C=O) groups excluding carboxylic acids is 2. The molecule has 0 radical (unpaired) electrons. The number of nitrogens with two attached hydrogens (primary N) is 1. The van der Waals surface area contributed by atoms with Crippen molar-refractivity contribution in [1.82, 2.24) is 15.1 Å². The third-order valence-electron chi connectivity index (χ3n) is 4.64. The van der Waals surface area contributed by atoms with E-state index in [1.807, 2.05) is 4.90 Å². The largest absolute Gasteiger partial charge is 0.352 e. The standard InChI is InChI=1S/C19H24N4O2/c20-19(25)21-9-8-18(24)23-12-10-22(11-13-23)14-16-6-3-5-15-4-1-2-7-17(15)16/h1-7H,8-14H2,(H3,20,21,25). The number of rotatable bonds is 5. The molecule has 1 fully saturated rings. The Kier molecular flexibility index (Phi) is 5.50. The van der Waals surface area contributed by atoms with Gasteiger partial charge in [-0.1, -0.05) is 42.5 Å². The van der Waals surface area contributed by atoms with Gasteiger partial charge < -0.3 is 16.0 Å². The predicted molar refractivity (Wildman–Crippen MR) is 98.0 cm³/mol. The molecule has 0 saturated carbocycles. The van der Waals surface area contributed by atoms with E-state index in [4.69, 9.17) is 5.73 Å². The second-order valence-corrected chi connectivity index (χ2v) is 6.34. The number of nitrogens with zero attached hydrogens (tertiary/aromatic N) is 2. The van der Waals surface area contributed by atoms with Crippen molar-refractivity contribution in [2.24, 2.45) is 5.73 Å². The summed E-state index contributed by atoms with van der Waals surface area (Å²) in [5.41, 5.74) is 6.33. The second kappa shape index (κ2) is 7.98. The van der Waals surface area contributed by atoms with Gasteiger partial charge in [0.2, 0.25) is 5.91 Å². The van der Waals surface area contributed by atoms with Crippen molar-refractivity contribution in [2.75, 3.05) is 32.7 Å². The predicted octanol–water partition coefficient (Wildman–Crippen LogP) is 1.54. The number of piperazine rings is 1. The maximum atomic E-state index is 12.1. The molecule has 0 spiro atoms. The first-order valence-electron chi connectivity index (χ1n) is 8.63. The summed E-state index contributed by atoms with van der Waals surface area (Å²) in [5, 5.41) is 5.01. The topological polar surface area (TPSA) is 78.7 Å². The number of carbonyl (C=O) groups is 2. The SMILES string of the molecule is NC(=O)NCCC(=O)N1CCN(Cc2cccc3ccccc23)CC1. The lowest BCUT2D eigenvalue weighted by molar-refractivity contribution is -0.132. The maximum absolute atomic E-state index is 12.1. The van der Waals surface area contributed by atoms with Gasteiger partial charge in [0.15, 0.2) is 0 Å². The van der Waals surface area contributed by atoms with Crippen molar-refractivity contribution in [1.29, 1.82) is 0 Å². The fourth-order valence-corrected chi connectivity index (χ4v) is 3.28. The van der Waals surface area contributed by atoms with Crippen LogP contribution in [-0.4, -0.2) is 54.5 Å². The van der Waals surface area contributed by atoms with Gasteiger partial charge in [-0.2, -0.15) is 0 Å². The zero-order valence-electron chi connectivity index (χ0n) is 14.3. The maximum Gasteiger partial charge on any atom is 0.312 e. The van der Waals surface area contributed by atoms with Gasteiger partial charge in [-0.05, 0) is 16.3 Å². The summed E-state index contributed by atoms with van der Waals surface area (Å²) in [6.45, 7) is 4.35. The van der Waals surface area contributed by atoms with Gasteiger partial charge in [-0.15, -0.1) is 0 Å². The molecule has 3 N–H and O–H groups in total. The van der Waals surface area contributed by atoms with E-state index in [1.165, 1.54) is 16.3 Å². The van der Waals surface area contributed by atoms with Crippen LogP contribution in [-0.2, 0) is 11.3 Å². The average Bonchev–Trinajstić information content (AvgIpc) is 2.62. The van der Waals surface area contributed by atoms with Gasteiger partial charge in [0.05, 0.1) is 0 Å². The van der Waals surface area contributed by atoms with Crippen LogP contribution in [0, 0.1) is 0 Å². The van der Waals surface area contributed by atoms with Gasteiger partial charge in [-0.3, -0.25) is 9.69 Å². The number of fused-ring (bicyclic) bond motifs is 1. The summed E-state index contributed by atoms with van der Waals surface area (Å²) in [5.74, 6) is 0.0681. The number of urea groups is 1. The van der Waals surface area contributed by atoms with Crippen LogP contribution in [0.4, 0.5) is 4.79 Å². The van der Waals surface area contributed by atoms with Gasteiger partial charge >= 0.3 is 6.03 Å². The van der Waals surface area contributed by atoms with Crippen molar-refractivity contribution >= 4 is 22.7 Å². The minimum absolute atomic E-state index is 0.0681. The molecule has 2 aromatic carbocycles. The molecule has 6 heteroatoms. The first-order chi connectivity index (χ1) is 12.1. The van der Waals surface area contributed by atoms with Crippen LogP contribution in [0.2, 0.25) is 0 Å². The first-order valence-corrected chi connectivity index (χ1v) is 8.63. The Bertz CT molecular complexity index is 749. The number of hydrogen-bond donors (Lipinski definition) is 2. The second-order valence-electron chi connectivity index (χ2n) is 6.34. The normalized spacial score (nSPS) is 15.3. The van der Waals surface area contributed by atoms with E-state index in [-0.39, 0.29) is 5.91 Å². The number of hydrogen-bond acceptors (Lipinski definition) is 3. The van der Waals surface area contributed by atoms with E-state index < -0.39 is 6.03 Å². The lowest BCUT2D eigenvalue weighted by Crippen LogP contribution is -2.48. The molecule has 1 aliphatic heterocycles. The highest BCUT2D eigenvalue weighted by molar-refractivity contribution is 5.85. The summed E-state index contributed by atoms with van der Waals surface area (Å²) in [6, 6.07) is 14.2. The smallest absolute Gasteiger partial charge is 0.312 e. The quantitative estimate of drug-likeness (QED) is 0.867. The highest BCUT2D eigenvalue weighted by Crippen LogP contribution is 2.20. The Balaban J connectivity index is 1.52. The van der Waals surface area contributed by atoms with Crippen LogP contribution in [0.5, 0.6) is 0 Å². The molecule has 3 amide bonds. The Labute approximate surface area is 147 Å². The van der Waals surface area contributed by atoms with Gasteiger partial charge in [-0.25, -0.2) is 4.79 Å². The van der Waals surface area contributed by atoms with Crippen molar-refractivity contribution < 1.29 is 9.59 Å². The molecular weight excluding hydrogens is 316 g/mol. The van der Waals surface area contributed by atoms with Crippen molar-refractivity contribution in [2.45, 2.75) is 13.0 Å². The first kappa shape index (κ1) is 17.2. The lowest BCUT2D eigenvalue weighted by atomic mass is 10.0. The molecule has 0 aliphatic carbocycles. The van der Waals surface area contributed by atoms with E-state index in [0.717, 1.165) is 32.7 Å². The van der Waals surface area contributed by atoms with Crippen LogP contribution in [0.25, 0.3) is 10.8 Å². The van der Waals surface area contributed by atoms with Crippen molar-refractivity contribution in [3.05, 3.63) is 48.0 Å². The molecule has 0 atom stereocenters. The molecular formula is C19H24N4O2. The molecule has 1 saturated heterocycles. The number of primary amides is 1. The number of benzene rings is 2. The summed E-state index contributed by atoms with van der Waals surface area (Å²) in [6.07, 6.45) is 0.298. The highest BCUT2D eigenvalue weighted by Gasteiger charge is 2.21. The summed E-state index contributed by atoms with van der Waals surface area (Å²) in [4.78, 5) is 27.0. The lowest BCUT2D eigenvalue weighted by Gasteiger charge is -2.35. The Morgan fingerprint density at radius 1 is 1.00 bits per heavy atom. The highest BCUT2D eigenvalue weighted by atomic mass is 16.2. The van der Waals surface area contributed by atoms with E-state index >= 15 is 0 Å². The zero-order valence-corrected chi connectivity index (χ0v) is 14.3. The summed E-state index contributed by atoms with van der Waals surface area (Å²) < 4.78 is 0. The molecule has 0 unspecified atom stereocenters. The van der Waals surface area contributed by atoms with E-state index in [9.17, 15) is 9.59 Å². The minimum Gasteiger partial charge on any atom is -0.352 e. The molecule has 1 heterocycles. The molecule has 132 valence electrons. The summed E-state index contributed by atoms with van der Waals surface area (Å²) in [7, 11) is 0. The molecule has 3 rings (SSSR count). The number of nitrogens with one attached hydrogen (secondary N) is 1. The molecule has 0 bridgehead atoms. The third kappa shape index (κ3) is 4.48. The third-order valence-corrected chi connectivity index (χ3v) is 4.64. The minimum atomic E-state index is -0.590. The molecule has 1 aliphatic rings. The van der Waals surface area contributed by atoms with Crippen LogP contribution < -0.4 is 11.1 Å². The number of amides is 3. The fraction of sp³-hybridized carbons (Fsp3) is 0.368.